The number of nitrogen functional groups attached to an aromatic ring is 1. The van der Waals surface area contributed by atoms with E-state index in [2.05, 4.69) is 11.4 Å². The third-order valence-corrected chi connectivity index (χ3v) is 3.04. The molecule has 0 bridgehead atoms. The number of allylic oxidation sites excluding steroid dienone is 1. The highest BCUT2D eigenvalue weighted by Gasteiger charge is 2.33. The summed E-state index contributed by atoms with van der Waals surface area (Å²) in [5, 5.41) is 3.24. The van der Waals surface area contributed by atoms with E-state index in [0.29, 0.717) is 6.42 Å². The number of nitrogens with two attached hydrogens (primary N) is 1. The summed E-state index contributed by atoms with van der Waals surface area (Å²) in [7, 11) is 0. The minimum Gasteiger partial charge on any atom is -0.399 e. The summed E-state index contributed by atoms with van der Waals surface area (Å²) in [5.74, 6) is 0.280. The van der Waals surface area contributed by atoms with Gasteiger partial charge in [-0.3, -0.25) is 4.79 Å². The minimum absolute atomic E-state index is 0.129. The Morgan fingerprint density at radius 1 is 1.40 bits per heavy atom. The van der Waals surface area contributed by atoms with Gasteiger partial charge in [0.25, 0.3) is 0 Å². The molecule has 0 fully saturated rings. The number of nitrogens with one attached hydrogen (secondary N) is 1. The number of fused-ring (bicyclic) bond motifs is 3. The largest absolute Gasteiger partial charge is 0.399 e. The lowest BCUT2D eigenvalue weighted by Gasteiger charge is -2.16. The third kappa shape index (κ3) is 1.16. The molecule has 3 N–H and O–H groups in total. The molecule has 15 heavy (non-hydrogen) atoms. The quantitative estimate of drug-likeness (QED) is 0.628. The van der Waals surface area contributed by atoms with Crippen molar-refractivity contribution < 1.29 is 4.79 Å². The topological polar surface area (TPSA) is 55.1 Å². The molecule has 0 amide bonds. The third-order valence-electron chi connectivity index (χ3n) is 3.04. The predicted octanol–water partition coefficient (Wildman–Crippen LogP) is 1.81. The number of ketones is 1. The van der Waals surface area contributed by atoms with Crippen LogP contribution in [-0.4, -0.2) is 11.8 Å². The van der Waals surface area contributed by atoms with E-state index < -0.39 is 0 Å². The van der Waals surface area contributed by atoms with Gasteiger partial charge >= 0.3 is 0 Å². The maximum atomic E-state index is 11.7. The summed E-state index contributed by atoms with van der Waals surface area (Å²) in [6, 6.07) is 5.61. The average molecular weight is 200 g/mol. The number of carbonyl (C=O) groups excluding carboxylic acids is 1. The maximum Gasteiger partial charge on any atom is 0.159 e. The molecule has 0 aromatic heterocycles. The Bertz CT molecular complexity index is 477. The van der Waals surface area contributed by atoms with Gasteiger partial charge in [0.15, 0.2) is 5.78 Å². The van der Waals surface area contributed by atoms with Crippen LogP contribution in [0.3, 0.4) is 0 Å². The first-order chi connectivity index (χ1) is 7.25. The molecule has 76 valence electrons. The summed E-state index contributed by atoms with van der Waals surface area (Å²) in [5.41, 5.74) is 9.71. The fourth-order valence-electron chi connectivity index (χ4n) is 2.31. The molecule has 3 nitrogen and oxygen atoms in total. The van der Waals surface area contributed by atoms with Crippen LogP contribution in [0.4, 0.5) is 11.4 Å². The van der Waals surface area contributed by atoms with E-state index in [-0.39, 0.29) is 11.8 Å². The van der Waals surface area contributed by atoms with Crippen molar-refractivity contribution in [2.75, 3.05) is 11.1 Å². The number of hydrogen-bond donors (Lipinski definition) is 2. The van der Waals surface area contributed by atoms with Gasteiger partial charge < -0.3 is 11.1 Å². The first kappa shape index (κ1) is 8.53. The van der Waals surface area contributed by atoms with Crippen molar-refractivity contribution in [1.29, 1.82) is 0 Å². The molecular weight excluding hydrogens is 188 g/mol. The van der Waals surface area contributed by atoms with Gasteiger partial charge in [-0.05, 0) is 30.2 Å². The van der Waals surface area contributed by atoms with Crippen molar-refractivity contribution >= 4 is 22.7 Å². The van der Waals surface area contributed by atoms with Crippen LogP contribution in [0.15, 0.2) is 24.3 Å². The second kappa shape index (κ2) is 2.86. The van der Waals surface area contributed by atoms with E-state index in [1.165, 1.54) is 0 Å². The molecule has 0 saturated heterocycles. The van der Waals surface area contributed by atoms with Gasteiger partial charge in [-0.2, -0.15) is 0 Å². The molecular formula is C12H12N2O. The molecule has 2 aliphatic rings. The predicted molar refractivity (Wildman–Crippen MR) is 60.5 cm³/mol. The highest BCUT2D eigenvalue weighted by molar-refractivity contribution is 6.07. The number of hydrogen-bond acceptors (Lipinski definition) is 3. The van der Waals surface area contributed by atoms with Crippen LogP contribution in [0.5, 0.6) is 0 Å². The molecule has 1 aromatic rings. The van der Waals surface area contributed by atoms with Crippen LogP contribution in [0.25, 0.3) is 5.57 Å². The van der Waals surface area contributed by atoms with Crippen LogP contribution in [0, 0.1) is 0 Å². The Kier molecular flexibility index (Phi) is 1.63. The van der Waals surface area contributed by atoms with Gasteiger partial charge in [0.1, 0.15) is 6.04 Å². The highest BCUT2D eigenvalue weighted by Crippen LogP contribution is 2.39. The normalized spacial score (nSPS) is 22.8. The smallest absolute Gasteiger partial charge is 0.159 e. The summed E-state index contributed by atoms with van der Waals surface area (Å²) in [6.45, 7) is 0. The second-order valence-corrected chi connectivity index (χ2v) is 4.05. The van der Waals surface area contributed by atoms with Gasteiger partial charge in [-0.15, -0.1) is 0 Å². The SMILES string of the molecule is Nc1ccc2c(c1)C1=CCCC(=O)C1N2. The number of carbonyl (C=O) groups is 1. The lowest BCUT2D eigenvalue weighted by atomic mass is 9.91. The summed E-state index contributed by atoms with van der Waals surface area (Å²) < 4.78 is 0. The Morgan fingerprint density at radius 3 is 3.13 bits per heavy atom. The Morgan fingerprint density at radius 2 is 2.27 bits per heavy atom. The first-order valence-electron chi connectivity index (χ1n) is 5.15. The van der Waals surface area contributed by atoms with E-state index in [1.807, 2.05) is 18.2 Å². The zero-order valence-electron chi connectivity index (χ0n) is 8.29. The number of rotatable bonds is 0. The van der Waals surface area contributed by atoms with Crippen LogP contribution in [-0.2, 0) is 4.79 Å². The number of benzene rings is 1. The van der Waals surface area contributed by atoms with Crippen LogP contribution in [0.1, 0.15) is 18.4 Å². The van der Waals surface area contributed by atoms with E-state index in [1.54, 1.807) is 0 Å². The van der Waals surface area contributed by atoms with Gasteiger partial charge in [-0.1, -0.05) is 6.08 Å². The van der Waals surface area contributed by atoms with Crippen LogP contribution < -0.4 is 11.1 Å². The summed E-state index contributed by atoms with van der Waals surface area (Å²) in [4.78, 5) is 11.7. The van der Waals surface area contributed by atoms with Crippen molar-refractivity contribution in [3.05, 3.63) is 29.8 Å². The van der Waals surface area contributed by atoms with Crippen LogP contribution >= 0.6 is 0 Å². The molecule has 0 saturated carbocycles. The fraction of sp³-hybridized carbons (Fsp3) is 0.250. The molecule has 1 unspecified atom stereocenters. The van der Waals surface area contributed by atoms with E-state index in [0.717, 1.165) is 28.9 Å². The van der Waals surface area contributed by atoms with Gasteiger partial charge in [-0.25, -0.2) is 0 Å². The van der Waals surface area contributed by atoms with E-state index in [9.17, 15) is 4.79 Å². The Balaban J connectivity index is 2.15. The second-order valence-electron chi connectivity index (χ2n) is 4.05. The number of anilines is 2. The molecule has 0 spiro atoms. The summed E-state index contributed by atoms with van der Waals surface area (Å²) >= 11 is 0. The fourth-order valence-corrected chi connectivity index (χ4v) is 2.31. The van der Waals surface area contributed by atoms with Gasteiger partial charge in [0, 0.05) is 23.4 Å². The van der Waals surface area contributed by atoms with Crippen LogP contribution in [0.2, 0.25) is 0 Å². The molecule has 1 aliphatic heterocycles. The molecule has 3 heteroatoms. The van der Waals surface area contributed by atoms with Crippen molar-refractivity contribution in [2.24, 2.45) is 0 Å². The number of Topliss-reactive ketones (excluding diaryl/α,β-unsaturated/α-hetero) is 1. The molecule has 1 aliphatic carbocycles. The Hall–Kier alpha value is -1.77. The van der Waals surface area contributed by atoms with Gasteiger partial charge in [0.05, 0.1) is 0 Å². The lowest BCUT2D eigenvalue weighted by molar-refractivity contribution is -0.118. The molecule has 0 radical (unpaired) electrons. The summed E-state index contributed by atoms with van der Waals surface area (Å²) in [6.07, 6.45) is 3.63. The first-order valence-corrected chi connectivity index (χ1v) is 5.15. The molecule has 3 rings (SSSR count). The average Bonchev–Trinajstić information content (AvgIpc) is 2.58. The Labute approximate surface area is 88.0 Å². The van der Waals surface area contributed by atoms with Crippen molar-refractivity contribution in [2.45, 2.75) is 18.9 Å². The lowest BCUT2D eigenvalue weighted by Crippen LogP contribution is -2.28. The standard InChI is InChI=1S/C12H12N2O/c13-7-4-5-10-9(6-7)8-2-1-3-11(15)12(8)14-10/h2,4-6,12,14H,1,3,13H2. The van der Waals surface area contributed by atoms with E-state index in [4.69, 9.17) is 5.73 Å². The zero-order chi connectivity index (χ0) is 10.4. The monoisotopic (exact) mass is 200 g/mol. The van der Waals surface area contributed by atoms with Crippen molar-refractivity contribution in [3.8, 4) is 0 Å². The van der Waals surface area contributed by atoms with E-state index >= 15 is 0 Å². The van der Waals surface area contributed by atoms with Gasteiger partial charge in [0.2, 0.25) is 0 Å². The van der Waals surface area contributed by atoms with Crippen molar-refractivity contribution in [3.63, 3.8) is 0 Å². The minimum atomic E-state index is -0.129. The molecule has 1 atom stereocenters. The molecule has 1 heterocycles. The zero-order valence-corrected chi connectivity index (χ0v) is 8.29. The molecule has 1 aromatic carbocycles. The highest BCUT2D eigenvalue weighted by atomic mass is 16.1. The maximum absolute atomic E-state index is 11.7. The van der Waals surface area contributed by atoms with Crippen molar-refractivity contribution in [1.82, 2.24) is 0 Å².